The number of nitrogens with zero attached hydrogens (tertiary/aromatic N) is 2. The third kappa shape index (κ3) is 4.83. The van der Waals surface area contributed by atoms with Gasteiger partial charge >= 0.3 is 0 Å². The smallest absolute Gasteiger partial charge is 0.251 e. The predicted molar refractivity (Wildman–Crippen MR) is 151 cm³/mol. The van der Waals surface area contributed by atoms with E-state index < -0.39 is 28.8 Å². The standard InChI is InChI=1S/C31H26ClF3N4O3/c1-14-5-16-6-17(7-21(32)26(16)37-11-14)29(40)38-12-19(15-3-4-15)25-9-20-28(42-13-31(20,2)30(36)41)27(39-25)18-8-23(34)24(35)10-22(18)33/h5-11,15,19H,3-4,12-13H2,1-2H3,(H2,36,41)(H,38,40)/t19?,31-/m0/s1. The number of ether oxygens (including phenoxy) is 1. The van der Waals surface area contributed by atoms with Crippen molar-refractivity contribution in [3.8, 4) is 17.0 Å². The topological polar surface area (TPSA) is 107 Å². The van der Waals surface area contributed by atoms with Crippen LogP contribution in [0.25, 0.3) is 22.2 Å². The minimum absolute atomic E-state index is 0.0648. The molecule has 2 aromatic carbocycles. The van der Waals surface area contributed by atoms with Crippen LogP contribution in [0.15, 0.2) is 42.6 Å². The lowest BCUT2D eigenvalue weighted by molar-refractivity contribution is -0.123. The molecule has 0 radical (unpaired) electrons. The fourth-order valence-corrected chi connectivity index (χ4v) is 5.72. The van der Waals surface area contributed by atoms with Crippen LogP contribution in [0.1, 0.15) is 52.9 Å². The molecule has 4 aromatic rings. The van der Waals surface area contributed by atoms with Crippen LogP contribution in [-0.4, -0.2) is 34.9 Å². The van der Waals surface area contributed by atoms with Crippen molar-refractivity contribution in [2.75, 3.05) is 13.2 Å². The van der Waals surface area contributed by atoms with Crippen LogP contribution in [0.3, 0.4) is 0 Å². The van der Waals surface area contributed by atoms with Crippen LogP contribution < -0.4 is 15.8 Å². The number of rotatable bonds is 7. The van der Waals surface area contributed by atoms with E-state index in [1.54, 1.807) is 31.3 Å². The van der Waals surface area contributed by atoms with Crippen molar-refractivity contribution in [2.45, 2.75) is 38.0 Å². The molecule has 0 bridgehead atoms. The molecule has 1 aliphatic carbocycles. The number of aromatic nitrogens is 2. The highest BCUT2D eigenvalue weighted by molar-refractivity contribution is 6.35. The summed E-state index contributed by atoms with van der Waals surface area (Å²) in [5.74, 6) is -4.76. The van der Waals surface area contributed by atoms with E-state index in [2.05, 4.69) is 15.3 Å². The van der Waals surface area contributed by atoms with E-state index in [0.717, 1.165) is 23.8 Å². The molecule has 3 N–H and O–H groups in total. The summed E-state index contributed by atoms with van der Waals surface area (Å²) in [7, 11) is 0. The summed E-state index contributed by atoms with van der Waals surface area (Å²) in [6.07, 6.45) is 3.43. The van der Waals surface area contributed by atoms with Gasteiger partial charge in [-0.25, -0.2) is 18.2 Å². The Labute approximate surface area is 244 Å². The van der Waals surface area contributed by atoms with Crippen molar-refractivity contribution < 1.29 is 27.5 Å². The van der Waals surface area contributed by atoms with Crippen LogP contribution in [0, 0.1) is 30.3 Å². The summed E-state index contributed by atoms with van der Waals surface area (Å²) in [4.78, 5) is 34.8. The summed E-state index contributed by atoms with van der Waals surface area (Å²) >= 11 is 6.41. The van der Waals surface area contributed by atoms with Gasteiger partial charge in [-0.05, 0) is 68.5 Å². The summed E-state index contributed by atoms with van der Waals surface area (Å²) in [6.45, 7) is 3.55. The first-order valence-electron chi connectivity index (χ1n) is 13.4. The van der Waals surface area contributed by atoms with Crippen molar-refractivity contribution in [3.05, 3.63) is 87.5 Å². The molecule has 1 saturated carbocycles. The van der Waals surface area contributed by atoms with Gasteiger partial charge in [0.2, 0.25) is 5.91 Å². The minimum atomic E-state index is -1.34. The highest BCUT2D eigenvalue weighted by atomic mass is 35.5. The number of fused-ring (bicyclic) bond motifs is 2. The second-order valence-corrected chi connectivity index (χ2v) is 11.6. The zero-order chi connectivity index (χ0) is 29.9. The van der Waals surface area contributed by atoms with Crippen LogP contribution in [0.2, 0.25) is 5.02 Å². The van der Waals surface area contributed by atoms with Gasteiger partial charge in [-0.2, -0.15) is 0 Å². The van der Waals surface area contributed by atoms with E-state index in [4.69, 9.17) is 22.1 Å². The van der Waals surface area contributed by atoms with Gasteiger partial charge in [0.15, 0.2) is 11.6 Å². The quantitative estimate of drug-likeness (QED) is 0.266. The number of carbonyl (C=O) groups is 2. The number of benzene rings is 2. The molecule has 42 heavy (non-hydrogen) atoms. The van der Waals surface area contributed by atoms with Gasteiger partial charge in [-0.3, -0.25) is 14.6 Å². The van der Waals surface area contributed by atoms with Gasteiger partial charge < -0.3 is 15.8 Å². The number of pyridine rings is 2. The van der Waals surface area contributed by atoms with Crippen molar-refractivity contribution in [3.63, 3.8) is 0 Å². The highest BCUT2D eigenvalue weighted by Gasteiger charge is 2.45. The molecule has 1 fully saturated rings. The second-order valence-electron chi connectivity index (χ2n) is 11.2. The maximum atomic E-state index is 15.0. The Bertz CT molecular complexity index is 1800. The Morgan fingerprint density at radius 2 is 1.86 bits per heavy atom. The molecule has 2 aliphatic rings. The Kier molecular flexibility index (Phi) is 6.84. The number of hydrogen-bond acceptors (Lipinski definition) is 5. The highest BCUT2D eigenvalue weighted by Crippen LogP contribution is 2.48. The normalized spacial score (nSPS) is 18.4. The molecule has 7 nitrogen and oxygen atoms in total. The molecule has 0 spiro atoms. The molecule has 11 heteroatoms. The zero-order valence-electron chi connectivity index (χ0n) is 22.7. The Hall–Kier alpha value is -4.18. The number of halogens is 4. The van der Waals surface area contributed by atoms with Crippen LogP contribution in [-0.2, 0) is 10.2 Å². The number of primary amides is 1. The monoisotopic (exact) mass is 594 g/mol. The number of carbonyl (C=O) groups excluding carboxylic acids is 2. The fraction of sp³-hybridized carbons (Fsp3) is 0.290. The van der Waals surface area contributed by atoms with Gasteiger partial charge in [0.25, 0.3) is 5.91 Å². The first-order valence-corrected chi connectivity index (χ1v) is 13.8. The summed E-state index contributed by atoms with van der Waals surface area (Å²) in [5, 5.41) is 4.04. The third-order valence-corrected chi connectivity index (χ3v) is 8.38. The van der Waals surface area contributed by atoms with Crippen molar-refractivity contribution in [2.24, 2.45) is 11.7 Å². The van der Waals surface area contributed by atoms with Gasteiger partial charge in [-0.15, -0.1) is 0 Å². The van der Waals surface area contributed by atoms with E-state index in [9.17, 15) is 22.8 Å². The number of nitrogens with two attached hydrogens (primary N) is 1. The molecule has 6 rings (SSSR count). The lowest BCUT2D eigenvalue weighted by Crippen LogP contribution is -2.40. The molecule has 2 aromatic heterocycles. The SMILES string of the molecule is Cc1cnc2c(Cl)cc(C(=O)NCC(c3cc4c(c(-c5cc(F)c(F)cc5F)n3)OC[C@]4(C)C(N)=O)C3CC3)cc2c1. The largest absolute Gasteiger partial charge is 0.489 e. The number of aryl methyl sites for hydroxylation is 1. The van der Waals surface area contributed by atoms with Gasteiger partial charge in [-0.1, -0.05) is 11.6 Å². The molecule has 216 valence electrons. The fourth-order valence-electron chi connectivity index (χ4n) is 5.45. The zero-order valence-corrected chi connectivity index (χ0v) is 23.5. The molecule has 0 saturated heterocycles. The molecule has 1 aliphatic heterocycles. The molecule has 3 heterocycles. The first kappa shape index (κ1) is 28.0. The van der Waals surface area contributed by atoms with Gasteiger partial charge in [0, 0.05) is 52.5 Å². The summed E-state index contributed by atoms with van der Waals surface area (Å²) < 4.78 is 48.8. The van der Waals surface area contributed by atoms with E-state index >= 15 is 0 Å². The number of amides is 2. The van der Waals surface area contributed by atoms with E-state index in [1.165, 1.54) is 0 Å². The average molecular weight is 595 g/mol. The van der Waals surface area contributed by atoms with Gasteiger partial charge in [0.1, 0.15) is 29.3 Å². The van der Waals surface area contributed by atoms with E-state index in [0.29, 0.717) is 39.5 Å². The van der Waals surface area contributed by atoms with Crippen LogP contribution in [0.5, 0.6) is 5.75 Å². The van der Waals surface area contributed by atoms with Crippen molar-refractivity contribution >= 4 is 34.3 Å². The lowest BCUT2D eigenvalue weighted by atomic mass is 9.82. The van der Waals surface area contributed by atoms with E-state index in [-0.39, 0.29) is 47.9 Å². The van der Waals surface area contributed by atoms with Crippen LogP contribution >= 0.6 is 11.6 Å². The Morgan fingerprint density at radius 3 is 2.57 bits per heavy atom. The van der Waals surface area contributed by atoms with Gasteiger partial charge in [0.05, 0.1) is 10.5 Å². The Morgan fingerprint density at radius 1 is 1.12 bits per heavy atom. The third-order valence-electron chi connectivity index (χ3n) is 8.09. The van der Waals surface area contributed by atoms with Crippen molar-refractivity contribution in [1.29, 1.82) is 0 Å². The molecule has 1 unspecified atom stereocenters. The number of nitrogens with one attached hydrogen (secondary N) is 1. The molecular formula is C31H26ClF3N4O3. The number of hydrogen-bond donors (Lipinski definition) is 2. The van der Waals surface area contributed by atoms with E-state index in [1.807, 2.05) is 13.0 Å². The lowest BCUT2D eigenvalue weighted by Gasteiger charge is -2.22. The molecule has 2 atom stereocenters. The maximum absolute atomic E-state index is 15.0. The summed E-state index contributed by atoms with van der Waals surface area (Å²) in [5.41, 5.74) is 6.80. The minimum Gasteiger partial charge on any atom is -0.489 e. The molecular weight excluding hydrogens is 569 g/mol. The second kappa shape index (κ2) is 10.3. The molecule has 2 amide bonds. The maximum Gasteiger partial charge on any atom is 0.251 e. The first-order chi connectivity index (χ1) is 20.0. The van der Waals surface area contributed by atoms with Crippen molar-refractivity contribution in [1.82, 2.24) is 15.3 Å². The average Bonchev–Trinajstić information content (AvgIpc) is 3.72. The summed E-state index contributed by atoms with van der Waals surface area (Å²) in [6, 6.07) is 8.01. The van der Waals surface area contributed by atoms with Crippen LogP contribution in [0.4, 0.5) is 13.2 Å². The predicted octanol–water partition coefficient (Wildman–Crippen LogP) is 5.73. The Balaban J connectivity index is 1.39.